The first-order valence-electron chi connectivity index (χ1n) is 6.68. The minimum atomic E-state index is 0.847. The molecule has 1 aliphatic rings. The summed E-state index contributed by atoms with van der Waals surface area (Å²) in [6, 6.07) is 0.847. The Labute approximate surface area is 95.4 Å². The van der Waals surface area contributed by atoms with E-state index >= 15 is 0 Å². The number of nitrogens with one attached hydrogen (secondary N) is 1. The van der Waals surface area contributed by atoms with E-state index in [2.05, 4.69) is 31.0 Å². The molecule has 1 atom stereocenters. The van der Waals surface area contributed by atoms with Gasteiger partial charge >= 0.3 is 0 Å². The topological polar surface area (TPSA) is 15.3 Å². The molecule has 0 aromatic rings. The van der Waals surface area contributed by atoms with Crippen LogP contribution in [0.1, 0.15) is 46.5 Å². The smallest absolute Gasteiger partial charge is 0.0110 e. The summed E-state index contributed by atoms with van der Waals surface area (Å²) in [4.78, 5) is 2.70. The predicted octanol–water partition coefficient (Wildman–Crippen LogP) is 2.50. The van der Waals surface area contributed by atoms with Gasteiger partial charge in [0.15, 0.2) is 0 Å². The van der Waals surface area contributed by atoms with Crippen LogP contribution in [0, 0.1) is 5.92 Å². The average Bonchev–Trinajstić information content (AvgIpc) is 2.25. The van der Waals surface area contributed by atoms with Gasteiger partial charge in [0.25, 0.3) is 0 Å². The van der Waals surface area contributed by atoms with Crippen molar-refractivity contribution in [2.75, 3.05) is 26.2 Å². The second-order valence-electron chi connectivity index (χ2n) is 5.20. The SMILES string of the molecule is CCCC(CCC(C)C)N1CCNCC1. The molecule has 0 aromatic carbocycles. The summed E-state index contributed by atoms with van der Waals surface area (Å²) in [7, 11) is 0. The molecule has 1 rings (SSSR count). The van der Waals surface area contributed by atoms with Crippen LogP contribution in [0.15, 0.2) is 0 Å². The van der Waals surface area contributed by atoms with Crippen molar-refractivity contribution in [2.45, 2.75) is 52.5 Å². The molecule has 0 aromatic heterocycles. The molecule has 2 heteroatoms. The van der Waals surface area contributed by atoms with Crippen molar-refractivity contribution in [3.63, 3.8) is 0 Å². The predicted molar refractivity (Wildman–Crippen MR) is 67.2 cm³/mol. The number of nitrogens with zero attached hydrogens (tertiary/aromatic N) is 1. The molecule has 1 heterocycles. The van der Waals surface area contributed by atoms with Crippen molar-refractivity contribution >= 4 is 0 Å². The van der Waals surface area contributed by atoms with Crippen LogP contribution in [0.2, 0.25) is 0 Å². The molecule has 1 N–H and O–H groups in total. The summed E-state index contributed by atoms with van der Waals surface area (Å²) in [6.07, 6.45) is 5.49. The molecule has 0 saturated carbocycles. The van der Waals surface area contributed by atoms with Gasteiger partial charge in [0.2, 0.25) is 0 Å². The highest BCUT2D eigenvalue weighted by Crippen LogP contribution is 2.17. The van der Waals surface area contributed by atoms with Gasteiger partial charge in [-0.1, -0.05) is 27.2 Å². The lowest BCUT2D eigenvalue weighted by Crippen LogP contribution is -2.48. The molecule has 0 amide bonds. The molecule has 1 saturated heterocycles. The van der Waals surface area contributed by atoms with Crippen molar-refractivity contribution in [3.8, 4) is 0 Å². The van der Waals surface area contributed by atoms with Gasteiger partial charge in [0, 0.05) is 32.2 Å². The number of hydrogen-bond donors (Lipinski definition) is 1. The molecule has 1 unspecified atom stereocenters. The fraction of sp³-hybridized carbons (Fsp3) is 1.00. The van der Waals surface area contributed by atoms with Crippen LogP contribution in [0.25, 0.3) is 0 Å². The van der Waals surface area contributed by atoms with Gasteiger partial charge in [-0.3, -0.25) is 4.90 Å². The number of piperazine rings is 1. The van der Waals surface area contributed by atoms with E-state index in [0.29, 0.717) is 0 Å². The summed E-state index contributed by atoms with van der Waals surface area (Å²) in [5.41, 5.74) is 0. The Hall–Kier alpha value is -0.0800. The van der Waals surface area contributed by atoms with Crippen LogP contribution in [-0.4, -0.2) is 37.1 Å². The number of rotatable bonds is 6. The highest BCUT2D eigenvalue weighted by atomic mass is 15.2. The Morgan fingerprint density at radius 3 is 2.27 bits per heavy atom. The van der Waals surface area contributed by atoms with Crippen molar-refractivity contribution in [1.82, 2.24) is 10.2 Å². The Morgan fingerprint density at radius 1 is 1.07 bits per heavy atom. The van der Waals surface area contributed by atoms with Gasteiger partial charge in [-0.05, 0) is 25.2 Å². The standard InChI is InChI=1S/C13H28N2/c1-4-5-13(7-6-12(2)3)15-10-8-14-9-11-15/h12-14H,4-11H2,1-3H3. The Balaban J connectivity index is 2.33. The molecule has 0 radical (unpaired) electrons. The second kappa shape index (κ2) is 7.24. The van der Waals surface area contributed by atoms with E-state index in [9.17, 15) is 0 Å². The number of hydrogen-bond acceptors (Lipinski definition) is 2. The van der Waals surface area contributed by atoms with Gasteiger partial charge in [-0.15, -0.1) is 0 Å². The monoisotopic (exact) mass is 212 g/mol. The minimum absolute atomic E-state index is 0.847. The van der Waals surface area contributed by atoms with Gasteiger partial charge in [0.05, 0.1) is 0 Å². The third-order valence-electron chi connectivity index (χ3n) is 3.37. The lowest BCUT2D eigenvalue weighted by Gasteiger charge is -2.35. The van der Waals surface area contributed by atoms with Crippen molar-refractivity contribution in [2.24, 2.45) is 5.92 Å². The van der Waals surface area contributed by atoms with Crippen molar-refractivity contribution in [3.05, 3.63) is 0 Å². The minimum Gasteiger partial charge on any atom is -0.314 e. The summed E-state index contributed by atoms with van der Waals surface area (Å²) < 4.78 is 0. The molecule has 1 aliphatic heterocycles. The zero-order valence-corrected chi connectivity index (χ0v) is 10.8. The summed E-state index contributed by atoms with van der Waals surface area (Å²) in [6.45, 7) is 11.8. The Morgan fingerprint density at radius 2 is 1.73 bits per heavy atom. The van der Waals surface area contributed by atoms with E-state index in [1.54, 1.807) is 0 Å². The zero-order valence-electron chi connectivity index (χ0n) is 10.8. The molecular formula is C13H28N2. The van der Waals surface area contributed by atoms with Gasteiger partial charge in [-0.2, -0.15) is 0 Å². The zero-order chi connectivity index (χ0) is 11.1. The maximum absolute atomic E-state index is 3.43. The molecule has 0 aliphatic carbocycles. The van der Waals surface area contributed by atoms with E-state index in [1.165, 1.54) is 51.9 Å². The quantitative estimate of drug-likeness (QED) is 0.728. The van der Waals surface area contributed by atoms with E-state index in [0.717, 1.165) is 12.0 Å². The summed E-state index contributed by atoms with van der Waals surface area (Å²) in [5, 5.41) is 3.43. The first-order valence-corrected chi connectivity index (χ1v) is 6.68. The Bertz CT molecular complexity index is 151. The third-order valence-corrected chi connectivity index (χ3v) is 3.37. The lowest BCUT2D eigenvalue weighted by atomic mass is 9.98. The van der Waals surface area contributed by atoms with Crippen LogP contribution in [-0.2, 0) is 0 Å². The molecule has 0 spiro atoms. The van der Waals surface area contributed by atoms with Crippen LogP contribution in [0.5, 0.6) is 0 Å². The largest absolute Gasteiger partial charge is 0.314 e. The van der Waals surface area contributed by atoms with Crippen LogP contribution in [0.4, 0.5) is 0 Å². The van der Waals surface area contributed by atoms with Crippen LogP contribution < -0.4 is 5.32 Å². The first-order chi connectivity index (χ1) is 7.24. The second-order valence-corrected chi connectivity index (χ2v) is 5.20. The third kappa shape index (κ3) is 4.98. The van der Waals surface area contributed by atoms with Crippen LogP contribution >= 0.6 is 0 Å². The Kier molecular flexibility index (Phi) is 6.26. The fourth-order valence-electron chi connectivity index (χ4n) is 2.42. The molecule has 1 fully saturated rings. The fourth-order valence-corrected chi connectivity index (χ4v) is 2.42. The molecular weight excluding hydrogens is 184 g/mol. The van der Waals surface area contributed by atoms with E-state index in [1.807, 2.05) is 0 Å². The van der Waals surface area contributed by atoms with Gasteiger partial charge < -0.3 is 5.32 Å². The summed E-state index contributed by atoms with van der Waals surface area (Å²) >= 11 is 0. The van der Waals surface area contributed by atoms with E-state index < -0.39 is 0 Å². The van der Waals surface area contributed by atoms with Gasteiger partial charge in [0.1, 0.15) is 0 Å². The van der Waals surface area contributed by atoms with Crippen molar-refractivity contribution in [1.29, 1.82) is 0 Å². The highest BCUT2D eigenvalue weighted by molar-refractivity contribution is 4.76. The van der Waals surface area contributed by atoms with E-state index in [-0.39, 0.29) is 0 Å². The van der Waals surface area contributed by atoms with Crippen molar-refractivity contribution < 1.29 is 0 Å². The molecule has 2 nitrogen and oxygen atoms in total. The maximum atomic E-state index is 3.43. The van der Waals surface area contributed by atoms with Crippen LogP contribution in [0.3, 0.4) is 0 Å². The first kappa shape index (κ1) is 13.0. The van der Waals surface area contributed by atoms with Gasteiger partial charge in [-0.25, -0.2) is 0 Å². The average molecular weight is 212 g/mol. The molecule has 15 heavy (non-hydrogen) atoms. The van der Waals surface area contributed by atoms with E-state index in [4.69, 9.17) is 0 Å². The molecule has 0 bridgehead atoms. The normalized spacial score (nSPS) is 20.8. The molecule has 90 valence electrons. The maximum Gasteiger partial charge on any atom is 0.0110 e. The highest BCUT2D eigenvalue weighted by Gasteiger charge is 2.19. The summed E-state index contributed by atoms with van der Waals surface area (Å²) in [5.74, 6) is 0.854. The lowest BCUT2D eigenvalue weighted by molar-refractivity contribution is 0.150.